The number of para-hydroxylation sites is 1. The lowest BCUT2D eigenvalue weighted by atomic mass is 10.3. The number of primary amides is 1. The van der Waals surface area contributed by atoms with E-state index >= 15 is 0 Å². The van der Waals surface area contributed by atoms with Crippen molar-refractivity contribution < 1.29 is 9.59 Å². The molecule has 5 nitrogen and oxygen atoms in total. The summed E-state index contributed by atoms with van der Waals surface area (Å²) in [6, 6.07) is 11.5. The van der Waals surface area contributed by atoms with Crippen molar-refractivity contribution in [1.29, 1.82) is 0 Å². The van der Waals surface area contributed by atoms with Gasteiger partial charge in [0.15, 0.2) is 0 Å². The Balaban J connectivity index is 1.89. The number of anilines is 1. The Morgan fingerprint density at radius 2 is 2.04 bits per heavy atom. The van der Waals surface area contributed by atoms with E-state index < -0.39 is 0 Å². The summed E-state index contributed by atoms with van der Waals surface area (Å²) in [5.74, 6) is -0.144. The zero-order valence-corrected chi connectivity index (χ0v) is 14.5. The highest BCUT2D eigenvalue weighted by Gasteiger charge is 2.11. The molecule has 0 radical (unpaired) electrons. The summed E-state index contributed by atoms with van der Waals surface area (Å²) in [7, 11) is 1.79. The second kappa shape index (κ2) is 8.59. The molecule has 0 aliphatic heterocycles. The van der Waals surface area contributed by atoms with Crippen molar-refractivity contribution in [3.8, 4) is 0 Å². The smallest absolute Gasteiger partial charge is 0.241 e. The average molecular weight is 349 g/mol. The largest absolute Gasteiger partial charge is 0.375 e. The minimum atomic E-state index is -0.364. The Hall–Kier alpha value is -1.99. The van der Waals surface area contributed by atoms with E-state index in [1.165, 1.54) is 11.8 Å². The first kappa shape index (κ1) is 17.4. The summed E-state index contributed by atoms with van der Waals surface area (Å²) >= 11 is 2.99. The summed E-state index contributed by atoms with van der Waals surface area (Å²) in [5, 5.41) is 5.13. The molecule has 2 aromatic rings. The standard InChI is InChI=1S/C16H19N3O2S2/c1-19(10-12-5-4-8-22-12)16(21)9-18-13-6-2-3-7-14(13)23-11-15(17)20/h2-8,18H,9-11H2,1H3,(H2,17,20). The predicted molar refractivity (Wildman–Crippen MR) is 95.6 cm³/mol. The zero-order valence-electron chi connectivity index (χ0n) is 12.8. The van der Waals surface area contributed by atoms with E-state index in [0.717, 1.165) is 15.5 Å². The van der Waals surface area contributed by atoms with E-state index in [1.807, 2.05) is 41.8 Å². The minimum absolute atomic E-state index is 0.00750. The molecule has 122 valence electrons. The van der Waals surface area contributed by atoms with Gasteiger partial charge in [-0.15, -0.1) is 23.1 Å². The fourth-order valence-corrected chi connectivity index (χ4v) is 3.44. The third-order valence-electron chi connectivity index (χ3n) is 3.09. The molecular weight excluding hydrogens is 330 g/mol. The molecule has 0 bridgehead atoms. The van der Waals surface area contributed by atoms with Crippen LogP contribution >= 0.6 is 23.1 Å². The van der Waals surface area contributed by atoms with Gasteiger partial charge < -0.3 is 16.0 Å². The van der Waals surface area contributed by atoms with Gasteiger partial charge in [0, 0.05) is 22.5 Å². The number of likely N-dealkylation sites (N-methyl/N-ethyl adjacent to an activating group) is 1. The van der Waals surface area contributed by atoms with Gasteiger partial charge in [-0.05, 0) is 23.6 Å². The second-order valence-electron chi connectivity index (χ2n) is 4.93. The number of amides is 2. The molecule has 1 heterocycles. The number of carbonyl (C=O) groups excluding carboxylic acids is 2. The highest BCUT2D eigenvalue weighted by Crippen LogP contribution is 2.26. The lowest BCUT2D eigenvalue weighted by molar-refractivity contribution is -0.128. The number of thioether (sulfide) groups is 1. The lowest BCUT2D eigenvalue weighted by Crippen LogP contribution is -2.31. The molecule has 23 heavy (non-hydrogen) atoms. The molecule has 2 rings (SSSR count). The zero-order chi connectivity index (χ0) is 16.7. The third-order valence-corrected chi connectivity index (χ3v) is 5.04. The van der Waals surface area contributed by atoms with Crippen LogP contribution in [0.3, 0.4) is 0 Å². The molecule has 2 amide bonds. The van der Waals surface area contributed by atoms with Crippen molar-refractivity contribution in [2.24, 2.45) is 5.73 Å². The lowest BCUT2D eigenvalue weighted by Gasteiger charge is -2.18. The molecule has 0 saturated heterocycles. The minimum Gasteiger partial charge on any atom is -0.375 e. The first-order valence-electron chi connectivity index (χ1n) is 7.06. The van der Waals surface area contributed by atoms with E-state index in [9.17, 15) is 9.59 Å². The SMILES string of the molecule is CN(Cc1cccs1)C(=O)CNc1ccccc1SCC(N)=O. The number of rotatable bonds is 8. The maximum absolute atomic E-state index is 12.2. The van der Waals surface area contributed by atoms with Gasteiger partial charge >= 0.3 is 0 Å². The van der Waals surface area contributed by atoms with Crippen molar-refractivity contribution in [1.82, 2.24) is 4.90 Å². The van der Waals surface area contributed by atoms with Crippen molar-refractivity contribution in [3.63, 3.8) is 0 Å². The normalized spacial score (nSPS) is 10.3. The Labute approximate surface area is 143 Å². The molecule has 0 atom stereocenters. The third kappa shape index (κ3) is 5.61. The molecule has 0 saturated carbocycles. The number of nitrogens with one attached hydrogen (secondary N) is 1. The van der Waals surface area contributed by atoms with E-state index in [4.69, 9.17) is 5.73 Å². The van der Waals surface area contributed by atoms with Gasteiger partial charge in [0.25, 0.3) is 0 Å². The topological polar surface area (TPSA) is 75.4 Å². The first-order valence-corrected chi connectivity index (χ1v) is 8.93. The van der Waals surface area contributed by atoms with Crippen LogP contribution < -0.4 is 11.1 Å². The van der Waals surface area contributed by atoms with Crippen molar-refractivity contribution in [3.05, 3.63) is 46.7 Å². The number of thiophene rings is 1. The van der Waals surface area contributed by atoms with E-state index in [1.54, 1.807) is 23.3 Å². The number of nitrogens with zero attached hydrogens (tertiary/aromatic N) is 1. The van der Waals surface area contributed by atoms with Crippen LogP contribution in [0.5, 0.6) is 0 Å². The Kier molecular flexibility index (Phi) is 6.49. The van der Waals surface area contributed by atoms with Crippen LogP contribution in [0.2, 0.25) is 0 Å². The number of hydrogen-bond acceptors (Lipinski definition) is 5. The monoisotopic (exact) mass is 349 g/mol. The van der Waals surface area contributed by atoms with Crippen LogP contribution in [-0.4, -0.2) is 36.1 Å². The summed E-state index contributed by atoms with van der Waals surface area (Å²) in [4.78, 5) is 26.9. The highest BCUT2D eigenvalue weighted by molar-refractivity contribution is 8.00. The van der Waals surface area contributed by atoms with Crippen LogP contribution in [0.1, 0.15) is 4.88 Å². The highest BCUT2D eigenvalue weighted by atomic mass is 32.2. The molecule has 7 heteroatoms. The molecule has 0 spiro atoms. The number of carbonyl (C=O) groups is 2. The maximum atomic E-state index is 12.2. The summed E-state index contributed by atoms with van der Waals surface area (Å²) in [5.41, 5.74) is 6.01. The maximum Gasteiger partial charge on any atom is 0.241 e. The van der Waals surface area contributed by atoms with Crippen LogP contribution in [-0.2, 0) is 16.1 Å². The van der Waals surface area contributed by atoms with Crippen molar-refractivity contribution in [2.45, 2.75) is 11.4 Å². The predicted octanol–water partition coefficient (Wildman–Crippen LogP) is 2.40. The van der Waals surface area contributed by atoms with Crippen molar-refractivity contribution >= 4 is 40.6 Å². The van der Waals surface area contributed by atoms with Gasteiger partial charge in [-0.3, -0.25) is 9.59 Å². The molecule has 0 aliphatic rings. The van der Waals surface area contributed by atoms with Crippen molar-refractivity contribution in [2.75, 3.05) is 24.7 Å². The van der Waals surface area contributed by atoms with Crippen LogP contribution in [0, 0.1) is 0 Å². The Bertz CT molecular complexity index is 659. The Morgan fingerprint density at radius 3 is 2.74 bits per heavy atom. The fraction of sp³-hybridized carbons (Fsp3) is 0.250. The number of hydrogen-bond donors (Lipinski definition) is 2. The second-order valence-corrected chi connectivity index (χ2v) is 6.98. The molecular formula is C16H19N3O2S2. The molecule has 0 fully saturated rings. The first-order chi connectivity index (χ1) is 11.1. The van der Waals surface area contributed by atoms with Gasteiger partial charge in [-0.1, -0.05) is 18.2 Å². The van der Waals surface area contributed by atoms with E-state index in [-0.39, 0.29) is 24.1 Å². The van der Waals surface area contributed by atoms with E-state index in [0.29, 0.717) is 6.54 Å². The van der Waals surface area contributed by atoms with Gasteiger partial charge in [0.1, 0.15) is 0 Å². The molecule has 1 aromatic heterocycles. The van der Waals surface area contributed by atoms with Gasteiger partial charge in [0.05, 0.1) is 18.8 Å². The molecule has 0 unspecified atom stereocenters. The van der Waals surface area contributed by atoms with Crippen LogP contribution in [0.25, 0.3) is 0 Å². The fourth-order valence-electron chi connectivity index (χ4n) is 1.92. The quantitative estimate of drug-likeness (QED) is 0.718. The van der Waals surface area contributed by atoms with E-state index in [2.05, 4.69) is 5.32 Å². The van der Waals surface area contributed by atoms with Crippen LogP contribution in [0.15, 0.2) is 46.7 Å². The number of nitrogens with two attached hydrogens (primary N) is 1. The molecule has 3 N–H and O–H groups in total. The summed E-state index contributed by atoms with van der Waals surface area (Å²) in [6.45, 7) is 0.812. The van der Waals surface area contributed by atoms with Gasteiger partial charge in [0.2, 0.25) is 11.8 Å². The average Bonchev–Trinajstić information content (AvgIpc) is 3.04. The number of benzene rings is 1. The summed E-state index contributed by atoms with van der Waals surface area (Å²) < 4.78 is 0. The van der Waals surface area contributed by atoms with Crippen LogP contribution in [0.4, 0.5) is 5.69 Å². The molecule has 0 aliphatic carbocycles. The summed E-state index contributed by atoms with van der Waals surface area (Å²) in [6.07, 6.45) is 0. The van der Waals surface area contributed by atoms with Gasteiger partial charge in [-0.2, -0.15) is 0 Å². The van der Waals surface area contributed by atoms with Gasteiger partial charge in [-0.25, -0.2) is 0 Å². The molecule has 1 aromatic carbocycles. The Morgan fingerprint density at radius 1 is 1.26 bits per heavy atom.